The Labute approximate surface area is 176 Å². The van der Waals surface area contributed by atoms with Gasteiger partial charge in [0.1, 0.15) is 11.4 Å². The molecule has 6 nitrogen and oxygen atoms in total. The fourth-order valence-electron chi connectivity index (χ4n) is 4.53. The highest BCUT2D eigenvalue weighted by atomic mass is 16.5. The number of carbonyl (C=O) groups excluding carboxylic acids is 1. The van der Waals surface area contributed by atoms with Crippen molar-refractivity contribution in [1.29, 1.82) is 0 Å². The van der Waals surface area contributed by atoms with Crippen LogP contribution in [0.2, 0.25) is 0 Å². The van der Waals surface area contributed by atoms with Crippen molar-refractivity contribution < 1.29 is 9.53 Å². The van der Waals surface area contributed by atoms with Gasteiger partial charge in [-0.1, -0.05) is 48.5 Å². The Morgan fingerprint density at radius 1 is 1.07 bits per heavy atom. The van der Waals surface area contributed by atoms with Crippen LogP contribution in [0.1, 0.15) is 24.2 Å². The molecule has 1 fully saturated rings. The molecule has 154 valence electrons. The number of imidazole rings is 1. The van der Waals surface area contributed by atoms with Crippen molar-refractivity contribution in [1.82, 2.24) is 14.5 Å². The van der Waals surface area contributed by atoms with Crippen molar-refractivity contribution in [2.24, 2.45) is 0 Å². The van der Waals surface area contributed by atoms with Gasteiger partial charge in [-0.05, 0) is 30.5 Å². The Bertz CT molecular complexity index is 994. The summed E-state index contributed by atoms with van der Waals surface area (Å²) in [6, 6.07) is 20.1. The number of fused-ring (bicyclic) bond motifs is 2. The zero-order valence-corrected chi connectivity index (χ0v) is 16.9. The fraction of sp³-hybridized carbons (Fsp3) is 0.333. The molecule has 3 aromatic rings. The van der Waals surface area contributed by atoms with Crippen molar-refractivity contribution in [3.63, 3.8) is 0 Å². The van der Waals surface area contributed by atoms with Crippen LogP contribution in [0.3, 0.4) is 0 Å². The van der Waals surface area contributed by atoms with Crippen molar-refractivity contribution in [3.8, 4) is 0 Å². The highest BCUT2D eigenvalue weighted by Gasteiger charge is 2.47. The molecule has 6 heteroatoms. The van der Waals surface area contributed by atoms with E-state index in [9.17, 15) is 4.79 Å². The van der Waals surface area contributed by atoms with Crippen molar-refractivity contribution in [3.05, 3.63) is 84.4 Å². The average molecular weight is 402 g/mol. The Hall–Kier alpha value is -2.96. The number of hydrogen-bond donors (Lipinski definition) is 1. The van der Waals surface area contributed by atoms with E-state index in [2.05, 4.69) is 44.0 Å². The second-order valence-corrected chi connectivity index (χ2v) is 8.12. The van der Waals surface area contributed by atoms with Gasteiger partial charge in [0.15, 0.2) is 6.10 Å². The molecule has 0 radical (unpaired) electrons. The lowest BCUT2D eigenvalue weighted by Gasteiger charge is -2.45. The summed E-state index contributed by atoms with van der Waals surface area (Å²) >= 11 is 0. The summed E-state index contributed by atoms with van der Waals surface area (Å²) in [7, 11) is 0. The van der Waals surface area contributed by atoms with Crippen LogP contribution in [0.5, 0.6) is 0 Å². The molecule has 3 heterocycles. The summed E-state index contributed by atoms with van der Waals surface area (Å²) in [4.78, 5) is 20.0. The third-order valence-corrected chi connectivity index (χ3v) is 6.10. The van der Waals surface area contributed by atoms with Gasteiger partial charge in [-0.25, -0.2) is 4.98 Å². The van der Waals surface area contributed by atoms with Gasteiger partial charge in [0.2, 0.25) is 0 Å². The van der Waals surface area contributed by atoms with Gasteiger partial charge >= 0.3 is 0 Å². The molecule has 2 aromatic carbocycles. The van der Waals surface area contributed by atoms with Gasteiger partial charge in [-0.3, -0.25) is 9.69 Å². The molecule has 1 atom stereocenters. The first-order valence-electron chi connectivity index (χ1n) is 10.5. The first-order chi connectivity index (χ1) is 14.7. The van der Waals surface area contributed by atoms with E-state index in [4.69, 9.17) is 4.74 Å². The van der Waals surface area contributed by atoms with Gasteiger partial charge in [0.25, 0.3) is 5.91 Å². The molecule has 1 N–H and O–H groups in total. The number of amides is 1. The van der Waals surface area contributed by atoms with Crippen LogP contribution in [0.25, 0.3) is 0 Å². The Morgan fingerprint density at radius 2 is 1.77 bits per heavy atom. The summed E-state index contributed by atoms with van der Waals surface area (Å²) in [6.45, 7) is 3.25. The van der Waals surface area contributed by atoms with Crippen LogP contribution in [-0.4, -0.2) is 39.6 Å². The third-order valence-electron chi connectivity index (χ3n) is 6.10. The number of aromatic nitrogens is 2. The van der Waals surface area contributed by atoms with Gasteiger partial charge in [0, 0.05) is 37.7 Å². The number of hydrogen-bond acceptors (Lipinski definition) is 4. The molecular formula is C24H26N4O2. The number of nitrogens with one attached hydrogen (secondary N) is 1. The minimum Gasteiger partial charge on any atom is -0.352 e. The smallest absolute Gasteiger partial charge is 0.255 e. The third kappa shape index (κ3) is 3.76. The minimum absolute atomic E-state index is 0.105. The van der Waals surface area contributed by atoms with E-state index < -0.39 is 11.7 Å². The summed E-state index contributed by atoms with van der Waals surface area (Å²) in [5, 5.41) is 2.99. The number of carbonyl (C=O) groups is 1. The molecule has 1 unspecified atom stereocenters. The average Bonchev–Trinajstić information content (AvgIpc) is 3.27. The van der Waals surface area contributed by atoms with E-state index in [0.717, 1.165) is 44.0 Å². The standard InChI is InChI=1S/C24H26N4O2/c29-22(26-20-9-5-2-6-10-20)21-18-28-16-13-25-23(28)24(30-21)11-14-27(15-12-24)17-19-7-3-1-4-8-19/h1-10,13,16,21H,11-12,14-15,17-18H2,(H,26,29). The number of nitrogens with zero attached hydrogens (tertiary/aromatic N) is 3. The maximum Gasteiger partial charge on any atom is 0.255 e. The largest absolute Gasteiger partial charge is 0.352 e. The van der Waals surface area contributed by atoms with E-state index in [1.807, 2.05) is 48.8 Å². The summed E-state index contributed by atoms with van der Waals surface area (Å²) in [5.74, 6) is 0.845. The molecule has 2 aliphatic heterocycles. The predicted octanol–water partition coefficient (Wildman–Crippen LogP) is 3.41. The van der Waals surface area contributed by atoms with Gasteiger partial charge in [-0.15, -0.1) is 0 Å². The molecule has 1 spiro atoms. The van der Waals surface area contributed by atoms with Gasteiger partial charge in [-0.2, -0.15) is 0 Å². The molecule has 0 saturated carbocycles. The van der Waals surface area contributed by atoms with Crippen LogP contribution in [0, 0.1) is 0 Å². The number of ether oxygens (including phenoxy) is 1. The van der Waals surface area contributed by atoms with Crippen LogP contribution in [0.15, 0.2) is 73.1 Å². The second kappa shape index (κ2) is 8.05. The monoisotopic (exact) mass is 402 g/mol. The first-order valence-corrected chi connectivity index (χ1v) is 10.5. The lowest BCUT2D eigenvalue weighted by Crippen LogP contribution is -2.53. The zero-order valence-electron chi connectivity index (χ0n) is 16.9. The normalized spacial score (nSPS) is 20.6. The molecule has 1 amide bonds. The second-order valence-electron chi connectivity index (χ2n) is 8.12. The lowest BCUT2D eigenvalue weighted by molar-refractivity contribution is -0.170. The minimum atomic E-state index is -0.535. The molecule has 0 bridgehead atoms. The number of anilines is 1. The molecule has 2 aliphatic rings. The zero-order chi connectivity index (χ0) is 20.4. The number of piperidine rings is 1. The molecule has 30 heavy (non-hydrogen) atoms. The maximum atomic E-state index is 13.0. The highest BCUT2D eigenvalue weighted by Crippen LogP contribution is 2.40. The lowest BCUT2D eigenvalue weighted by atomic mass is 9.88. The molecule has 1 aromatic heterocycles. The summed E-state index contributed by atoms with van der Waals surface area (Å²) in [5.41, 5.74) is 1.60. The SMILES string of the molecule is O=C(Nc1ccccc1)C1Cn2ccnc2C2(CCN(Cc3ccccc3)CC2)O1. The topological polar surface area (TPSA) is 59.4 Å². The van der Waals surface area contributed by atoms with Crippen LogP contribution < -0.4 is 5.32 Å². The maximum absolute atomic E-state index is 13.0. The van der Waals surface area contributed by atoms with Crippen LogP contribution in [-0.2, 0) is 28.2 Å². The Kier molecular flexibility index (Phi) is 5.11. The van der Waals surface area contributed by atoms with Crippen molar-refractivity contribution in [2.45, 2.75) is 37.6 Å². The first kappa shape index (κ1) is 19.0. The van der Waals surface area contributed by atoms with E-state index >= 15 is 0 Å². The van der Waals surface area contributed by atoms with Gasteiger partial charge < -0.3 is 14.6 Å². The van der Waals surface area contributed by atoms with Crippen LogP contribution >= 0.6 is 0 Å². The van der Waals surface area contributed by atoms with Crippen molar-refractivity contribution >= 4 is 11.6 Å². The van der Waals surface area contributed by atoms with Crippen LogP contribution in [0.4, 0.5) is 5.69 Å². The Balaban J connectivity index is 1.30. The van der Waals surface area contributed by atoms with Gasteiger partial charge in [0.05, 0.1) is 6.54 Å². The molecule has 0 aliphatic carbocycles. The molecule has 5 rings (SSSR count). The van der Waals surface area contributed by atoms with E-state index in [1.165, 1.54) is 5.56 Å². The van der Waals surface area contributed by atoms with E-state index in [0.29, 0.717) is 6.54 Å². The Morgan fingerprint density at radius 3 is 2.50 bits per heavy atom. The number of benzene rings is 2. The number of rotatable bonds is 4. The predicted molar refractivity (Wildman–Crippen MR) is 115 cm³/mol. The summed E-state index contributed by atoms with van der Waals surface area (Å²) < 4.78 is 8.60. The fourth-order valence-corrected chi connectivity index (χ4v) is 4.53. The molecule has 1 saturated heterocycles. The summed E-state index contributed by atoms with van der Waals surface area (Å²) in [6.07, 6.45) is 4.89. The quantitative estimate of drug-likeness (QED) is 0.727. The number of para-hydroxylation sites is 1. The van der Waals surface area contributed by atoms with Crippen molar-refractivity contribution in [2.75, 3.05) is 18.4 Å². The number of likely N-dealkylation sites (tertiary alicyclic amines) is 1. The molecular weight excluding hydrogens is 376 g/mol. The highest BCUT2D eigenvalue weighted by molar-refractivity contribution is 5.94. The van der Waals surface area contributed by atoms with E-state index in [1.54, 1.807) is 0 Å². The van der Waals surface area contributed by atoms with E-state index in [-0.39, 0.29) is 5.91 Å².